The Labute approximate surface area is 209 Å². The van der Waals surface area contributed by atoms with Crippen LogP contribution in [0.1, 0.15) is 42.2 Å². The predicted octanol–water partition coefficient (Wildman–Crippen LogP) is 7.12. The van der Waals surface area contributed by atoms with Gasteiger partial charge in [-0.3, -0.25) is 15.0 Å². The van der Waals surface area contributed by atoms with E-state index in [1.807, 2.05) is 12.4 Å². The first-order chi connectivity index (χ1) is 17.3. The topological polar surface area (TPSA) is 60.6 Å². The zero-order valence-electron chi connectivity index (χ0n) is 19.9. The molecule has 0 saturated carbocycles. The van der Waals surface area contributed by atoms with E-state index >= 15 is 0 Å². The molecule has 5 aromatic rings. The first kappa shape index (κ1) is 22.0. The van der Waals surface area contributed by atoms with Gasteiger partial charge in [0, 0.05) is 46.5 Å². The molecule has 1 fully saturated rings. The van der Waals surface area contributed by atoms with Crippen LogP contribution in [0.4, 0.5) is 0 Å². The maximum atomic E-state index is 4.66. The lowest BCUT2D eigenvalue weighted by molar-refractivity contribution is 0.220. The van der Waals surface area contributed by atoms with Crippen molar-refractivity contribution in [1.82, 2.24) is 25.1 Å². The van der Waals surface area contributed by atoms with Crippen molar-refractivity contribution in [3.63, 3.8) is 0 Å². The van der Waals surface area contributed by atoms with Gasteiger partial charge in [0.15, 0.2) is 0 Å². The van der Waals surface area contributed by atoms with Crippen molar-refractivity contribution >= 4 is 27.8 Å². The second-order valence-electron chi connectivity index (χ2n) is 9.23. The molecule has 0 atom stereocenters. The number of hydrogen-bond acceptors (Lipinski definition) is 4. The van der Waals surface area contributed by atoms with Gasteiger partial charge in [-0.15, -0.1) is 11.3 Å². The Morgan fingerprint density at radius 2 is 1.97 bits per heavy atom. The molecule has 5 nitrogen and oxygen atoms in total. The quantitative estimate of drug-likeness (QED) is 0.273. The van der Waals surface area contributed by atoms with E-state index in [1.165, 1.54) is 53.9 Å². The maximum absolute atomic E-state index is 4.66. The summed E-state index contributed by atoms with van der Waals surface area (Å²) in [5.41, 5.74) is 8.97. The fraction of sp³-hybridized carbons (Fsp3) is 0.241. The van der Waals surface area contributed by atoms with Crippen molar-refractivity contribution in [3.8, 4) is 22.5 Å². The van der Waals surface area contributed by atoms with Crippen LogP contribution in [0.5, 0.6) is 0 Å². The van der Waals surface area contributed by atoms with Crippen molar-refractivity contribution < 1.29 is 0 Å². The van der Waals surface area contributed by atoms with Gasteiger partial charge in [-0.05, 0) is 85.3 Å². The van der Waals surface area contributed by atoms with Crippen LogP contribution < -0.4 is 0 Å². The minimum absolute atomic E-state index is 0.937. The van der Waals surface area contributed by atoms with E-state index in [4.69, 9.17) is 0 Å². The normalized spacial score (nSPS) is 15.2. The summed E-state index contributed by atoms with van der Waals surface area (Å²) in [6.45, 7) is 5.44. The number of likely N-dealkylation sites (tertiary alicyclic amines) is 1. The molecule has 1 aliphatic rings. The Bertz CT molecular complexity index is 1470. The highest BCUT2D eigenvalue weighted by molar-refractivity contribution is 7.11. The molecule has 0 aliphatic carbocycles. The summed E-state index contributed by atoms with van der Waals surface area (Å²) in [6.07, 6.45) is 12.2. The molecule has 0 spiro atoms. The summed E-state index contributed by atoms with van der Waals surface area (Å²) in [6, 6.07) is 15.2. The van der Waals surface area contributed by atoms with E-state index in [0.717, 1.165) is 40.0 Å². The number of aromatic nitrogens is 4. The highest BCUT2D eigenvalue weighted by Gasteiger charge is 2.15. The van der Waals surface area contributed by atoms with Crippen molar-refractivity contribution in [2.45, 2.75) is 32.7 Å². The highest BCUT2D eigenvalue weighted by Crippen LogP contribution is 2.33. The summed E-state index contributed by atoms with van der Waals surface area (Å²) in [5, 5.41) is 11.1. The van der Waals surface area contributed by atoms with Gasteiger partial charge in [-0.2, -0.15) is 5.10 Å². The Morgan fingerprint density at radius 1 is 1.06 bits per heavy atom. The van der Waals surface area contributed by atoms with Crippen LogP contribution in [-0.2, 0) is 6.54 Å². The fourth-order valence-corrected chi connectivity index (χ4v) is 5.90. The fourth-order valence-electron chi connectivity index (χ4n) is 5.08. The Kier molecular flexibility index (Phi) is 6.06. The number of thiophene rings is 1. The van der Waals surface area contributed by atoms with Crippen molar-refractivity contribution in [1.29, 1.82) is 0 Å². The SMILES string of the molecule is C/C=C(\c1c[nH]c(-c2n[nH]c3ccc(-c4cncc(CN5CCCCC5)c4)cc23)c1)c1cccs1. The molecule has 6 heteroatoms. The van der Waals surface area contributed by atoms with Crippen molar-refractivity contribution in [2.75, 3.05) is 13.1 Å². The predicted molar refractivity (Wildman–Crippen MR) is 145 cm³/mol. The summed E-state index contributed by atoms with van der Waals surface area (Å²) >= 11 is 1.76. The molecule has 4 aromatic heterocycles. The Balaban J connectivity index is 1.31. The standard InChI is InChI=1S/C29H29N5S/c1-2-24(28-7-6-12-35-28)23-15-27(31-18-23)29-25-14-21(8-9-26(25)32-33-29)22-13-20(16-30-17-22)19-34-10-4-3-5-11-34/h2,6-9,12-18,31H,3-5,10-11,19H2,1H3,(H,32,33)/b24-2+. The monoisotopic (exact) mass is 479 g/mol. The van der Waals surface area contributed by atoms with E-state index in [1.54, 1.807) is 11.3 Å². The van der Waals surface area contributed by atoms with E-state index in [9.17, 15) is 0 Å². The highest BCUT2D eigenvalue weighted by atomic mass is 32.1. The number of piperidine rings is 1. The molecule has 6 rings (SSSR count). The third-order valence-corrected chi connectivity index (χ3v) is 7.77. The number of nitrogens with one attached hydrogen (secondary N) is 2. The van der Waals surface area contributed by atoms with Crippen LogP contribution in [0.15, 0.2) is 72.5 Å². The Hall–Kier alpha value is -3.48. The number of nitrogens with zero attached hydrogens (tertiary/aromatic N) is 3. The molecule has 176 valence electrons. The number of allylic oxidation sites excluding steroid dienone is 1. The third-order valence-electron chi connectivity index (χ3n) is 6.87. The van der Waals surface area contributed by atoms with Crippen LogP contribution >= 0.6 is 11.3 Å². The van der Waals surface area contributed by atoms with Gasteiger partial charge in [0.05, 0.1) is 11.2 Å². The lowest BCUT2D eigenvalue weighted by atomic mass is 10.0. The van der Waals surface area contributed by atoms with Gasteiger partial charge in [0.25, 0.3) is 0 Å². The number of fused-ring (bicyclic) bond motifs is 1. The zero-order valence-corrected chi connectivity index (χ0v) is 20.7. The van der Waals surface area contributed by atoms with Crippen molar-refractivity contribution in [3.05, 3.63) is 88.5 Å². The molecule has 1 saturated heterocycles. The van der Waals surface area contributed by atoms with Crippen LogP contribution in [0.25, 0.3) is 39.0 Å². The molecule has 1 aromatic carbocycles. The smallest absolute Gasteiger partial charge is 0.116 e. The number of pyridine rings is 1. The van der Waals surface area contributed by atoms with E-state index in [-0.39, 0.29) is 0 Å². The summed E-state index contributed by atoms with van der Waals surface area (Å²) < 4.78 is 0. The molecule has 0 bridgehead atoms. The number of H-pyrrole nitrogens is 2. The van der Waals surface area contributed by atoms with Crippen LogP contribution in [0, 0.1) is 0 Å². The second-order valence-corrected chi connectivity index (χ2v) is 10.2. The first-order valence-electron chi connectivity index (χ1n) is 12.3. The summed E-state index contributed by atoms with van der Waals surface area (Å²) in [7, 11) is 0. The number of benzene rings is 1. The van der Waals surface area contributed by atoms with Gasteiger partial charge >= 0.3 is 0 Å². The van der Waals surface area contributed by atoms with Crippen LogP contribution in [-0.4, -0.2) is 38.2 Å². The van der Waals surface area contributed by atoms with Gasteiger partial charge in [0.1, 0.15) is 5.69 Å². The number of hydrogen-bond donors (Lipinski definition) is 2. The average molecular weight is 480 g/mol. The first-order valence-corrected chi connectivity index (χ1v) is 13.2. The molecule has 0 radical (unpaired) electrons. The van der Waals surface area contributed by atoms with E-state index < -0.39 is 0 Å². The molecule has 35 heavy (non-hydrogen) atoms. The zero-order chi connectivity index (χ0) is 23.6. The molecule has 5 heterocycles. The molecular weight excluding hydrogens is 450 g/mol. The Morgan fingerprint density at radius 3 is 2.80 bits per heavy atom. The maximum Gasteiger partial charge on any atom is 0.116 e. The minimum atomic E-state index is 0.937. The third kappa shape index (κ3) is 4.47. The van der Waals surface area contributed by atoms with Gasteiger partial charge in [0.2, 0.25) is 0 Å². The van der Waals surface area contributed by atoms with Crippen LogP contribution in [0.3, 0.4) is 0 Å². The van der Waals surface area contributed by atoms with Gasteiger partial charge < -0.3 is 4.98 Å². The van der Waals surface area contributed by atoms with Gasteiger partial charge in [-0.25, -0.2) is 0 Å². The molecule has 2 N–H and O–H groups in total. The molecule has 0 unspecified atom stereocenters. The minimum Gasteiger partial charge on any atom is -0.359 e. The van der Waals surface area contributed by atoms with Crippen molar-refractivity contribution in [2.24, 2.45) is 0 Å². The lowest BCUT2D eigenvalue weighted by Crippen LogP contribution is -2.29. The number of aromatic amines is 2. The number of rotatable bonds is 6. The molecule has 1 aliphatic heterocycles. The average Bonchev–Trinajstić information content (AvgIpc) is 3.67. The lowest BCUT2D eigenvalue weighted by Gasteiger charge is -2.26. The summed E-state index contributed by atoms with van der Waals surface area (Å²) in [4.78, 5) is 11.8. The molecule has 0 amide bonds. The van der Waals surface area contributed by atoms with E-state index in [0.29, 0.717) is 0 Å². The van der Waals surface area contributed by atoms with E-state index in [2.05, 4.69) is 92.1 Å². The van der Waals surface area contributed by atoms with Gasteiger partial charge in [-0.1, -0.05) is 24.6 Å². The second kappa shape index (κ2) is 9.64. The van der Waals surface area contributed by atoms with Crippen LogP contribution in [0.2, 0.25) is 0 Å². The largest absolute Gasteiger partial charge is 0.359 e. The summed E-state index contributed by atoms with van der Waals surface area (Å²) in [5.74, 6) is 0. The molecular formula is C29H29N5S.